The number of carboxylic acids is 1. The zero-order valence-corrected chi connectivity index (χ0v) is 10.9. The third kappa shape index (κ3) is 1.84. The summed E-state index contributed by atoms with van der Waals surface area (Å²) in [5.41, 5.74) is 1.47. The van der Waals surface area contributed by atoms with Gasteiger partial charge < -0.3 is 5.11 Å². The highest BCUT2D eigenvalue weighted by atomic mass is 16.4. The fraction of sp³-hybridized carbons (Fsp3) is 0.133. The number of benzene rings is 2. The number of aromatic nitrogens is 3. The van der Waals surface area contributed by atoms with Gasteiger partial charge in [0.05, 0.1) is 11.4 Å². The van der Waals surface area contributed by atoms with E-state index in [1.54, 1.807) is 4.68 Å². The Morgan fingerprint density at radius 3 is 2.70 bits per heavy atom. The molecule has 0 aliphatic rings. The number of carboxylic acid groups (broad SMARTS) is 1. The van der Waals surface area contributed by atoms with Crippen molar-refractivity contribution in [3.8, 4) is 5.69 Å². The number of aromatic carboxylic acids is 1. The summed E-state index contributed by atoms with van der Waals surface area (Å²) < 4.78 is 1.62. The van der Waals surface area contributed by atoms with Crippen molar-refractivity contribution in [3.05, 3.63) is 53.9 Å². The van der Waals surface area contributed by atoms with Crippen molar-refractivity contribution in [3.63, 3.8) is 0 Å². The quantitative estimate of drug-likeness (QED) is 0.792. The third-order valence-electron chi connectivity index (χ3n) is 3.30. The molecule has 3 aromatic rings. The molecule has 0 radical (unpaired) electrons. The summed E-state index contributed by atoms with van der Waals surface area (Å²) in [6, 6.07) is 13.8. The Kier molecular flexibility index (Phi) is 2.95. The molecule has 0 unspecified atom stereocenters. The Labute approximate surface area is 115 Å². The lowest BCUT2D eigenvalue weighted by molar-refractivity contribution is 0.0689. The van der Waals surface area contributed by atoms with Crippen molar-refractivity contribution >= 4 is 16.7 Å². The van der Waals surface area contributed by atoms with Gasteiger partial charge in [-0.2, -0.15) is 0 Å². The molecular weight excluding hydrogens is 254 g/mol. The van der Waals surface area contributed by atoms with E-state index in [0.29, 0.717) is 12.1 Å². The Morgan fingerprint density at radius 1 is 1.20 bits per heavy atom. The zero-order chi connectivity index (χ0) is 14.1. The molecule has 3 rings (SSSR count). The van der Waals surface area contributed by atoms with Crippen molar-refractivity contribution < 1.29 is 9.90 Å². The molecule has 5 nitrogen and oxygen atoms in total. The summed E-state index contributed by atoms with van der Waals surface area (Å²) in [7, 11) is 0. The van der Waals surface area contributed by atoms with Gasteiger partial charge in [0.25, 0.3) is 0 Å². The van der Waals surface area contributed by atoms with Gasteiger partial charge in [-0.3, -0.25) is 0 Å². The molecule has 100 valence electrons. The minimum Gasteiger partial charge on any atom is -0.476 e. The first-order chi connectivity index (χ1) is 9.72. The molecule has 1 aromatic heterocycles. The molecule has 0 aliphatic carbocycles. The van der Waals surface area contributed by atoms with Gasteiger partial charge in [0.1, 0.15) is 0 Å². The zero-order valence-electron chi connectivity index (χ0n) is 10.9. The van der Waals surface area contributed by atoms with E-state index in [2.05, 4.69) is 10.3 Å². The van der Waals surface area contributed by atoms with Gasteiger partial charge in [0.2, 0.25) is 0 Å². The summed E-state index contributed by atoms with van der Waals surface area (Å²) in [6.45, 7) is 1.90. The van der Waals surface area contributed by atoms with E-state index in [9.17, 15) is 4.79 Å². The van der Waals surface area contributed by atoms with Gasteiger partial charge in [-0.25, -0.2) is 9.48 Å². The second kappa shape index (κ2) is 4.77. The van der Waals surface area contributed by atoms with Crippen LogP contribution in [-0.4, -0.2) is 26.1 Å². The first-order valence-corrected chi connectivity index (χ1v) is 6.38. The van der Waals surface area contributed by atoms with Gasteiger partial charge in [-0.15, -0.1) is 5.10 Å². The van der Waals surface area contributed by atoms with Crippen LogP contribution in [0.15, 0.2) is 42.5 Å². The number of nitrogens with zero attached hydrogens (tertiary/aromatic N) is 3. The third-order valence-corrected chi connectivity index (χ3v) is 3.30. The molecule has 1 N–H and O–H groups in total. The van der Waals surface area contributed by atoms with Crippen LogP contribution in [0.25, 0.3) is 16.5 Å². The molecule has 2 aromatic carbocycles. The number of hydrogen-bond acceptors (Lipinski definition) is 3. The number of hydrogen-bond donors (Lipinski definition) is 1. The van der Waals surface area contributed by atoms with Gasteiger partial charge in [0.15, 0.2) is 5.69 Å². The Hall–Kier alpha value is -2.69. The van der Waals surface area contributed by atoms with E-state index in [1.165, 1.54) is 0 Å². The molecule has 0 bridgehead atoms. The molecule has 5 heteroatoms. The second-order valence-corrected chi connectivity index (χ2v) is 4.45. The van der Waals surface area contributed by atoms with Crippen LogP contribution >= 0.6 is 0 Å². The summed E-state index contributed by atoms with van der Waals surface area (Å²) in [5.74, 6) is -1.05. The summed E-state index contributed by atoms with van der Waals surface area (Å²) in [5, 5.41) is 19.1. The SMILES string of the molecule is CCc1c(C(=O)O)nnn1-c1cccc2ccccc12. The van der Waals surface area contributed by atoms with Crippen molar-refractivity contribution in [1.29, 1.82) is 0 Å². The monoisotopic (exact) mass is 267 g/mol. The summed E-state index contributed by atoms with van der Waals surface area (Å²) in [4.78, 5) is 11.2. The van der Waals surface area contributed by atoms with Gasteiger partial charge >= 0.3 is 5.97 Å². The minimum atomic E-state index is -1.05. The van der Waals surface area contributed by atoms with Crippen molar-refractivity contribution in [1.82, 2.24) is 15.0 Å². The van der Waals surface area contributed by atoms with Crippen molar-refractivity contribution in [2.75, 3.05) is 0 Å². The topological polar surface area (TPSA) is 68.0 Å². The van der Waals surface area contributed by atoms with E-state index in [0.717, 1.165) is 16.5 Å². The molecule has 0 amide bonds. The molecule has 0 spiro atoms. The number of carbonyl (C=O) groups is 1. The lowest BCUT2D eigenvalue weighted by Crippen LogP contribution is -2.06. The molecule has 1 heterocycles. The number of rotatable bonds is 3. The minimum absolute atomic E-state index is 0.0143. The Bertz CT molecular complexity index is 787. The Morgan fingerprint density at radius 2 is 1.95 bits per heavy atom. The second-order valence-electron chi connectivity index (χ2n) is 4.45. The van der Waals surface area contributed by atoms with E-state index in [-0.39, 0.29) is 5.69 Å². The van der Waals surface area contributed by atoms with Crippen LogP contribution in [0, 0.1) is 0 Å². The highest BCUT2D eigenvalue weighted by Gasteiger charge is 2.19. The molecule has 0 saturated carbocycles. The predicted octanol–water partition coefficient (Wildman–Crippen LogP) is 2.68. The van der Waals surface area contributed by atoms with Crippen LogP contribution in [0.4, 0.5) is 0 Å². The maximum absolute atomic E-state index is 11.2. The first-order valence-electron chi connectivity index (χ1n) is 6.38. The maximum atomic E-state index is 11.2. The van der Waals surface area contributed by atoms with Crippen LogP contribution in [0.3, 0.4) is 0 Å². The molecular formula is C15H13N3O2. The molecule has 0 saturated heterocycles. The fourth-order valence-corrected chi connectivity index (χ4v) is 2.37. The lowest BCUT2D eigenvalue weighted by Gasteiger charge is -2.08. The smallest absolute Gasteiger partial charge is 0.358 e. The van der Waals surface area contributed by atoms with Gasteiger partial charge in [0, 0.05) is 5.39 Å². The highest BCUT2D eigenvalue weighted by Crippen LogP contribution is 2.23. The summed E-state index contributed by atoms with van der Waals surface area (Å²) in [6.07, 6.45) is 0.553. The molecule has 20 heavy (non-hydrogen) atoms. The molecule has 0 fully saturated rings. The highest BCUT2D eigenvalue weighted by molar-refractivity contribution is 5.91. The standard InChI is InChI=1S/C15H13N3O2/c1-2-12-14(15(19)20)16-17-18(12)13-9-5-7-10-6-3-4-8-11(10)13/h3-9H,2H2,1H3,(H,19,20). The average Bonchev–Trinajstić information content (AvgIpc) is 2.90. The summed E-state index contributed by atoms with van der Waals surface area (Å²) >= 11 is 0. The van der Waals surface area contributed by atoms with Crippen LogP contribution in [-0.2, 0) is 6.42 Å². The lowest BCUT2D eigenvalue weighted by atomic mass is 10.1. The fourth-order valence-electron chi connectivity index (χ4n) is 2.37. The average molecular weight is 267 g/mol. The van der Waals surface area contributed by atoms with Gasteiger partial charge in [-0.05, 0) is 17.9 Å². The maximum Gasteiger partial charge on any atom is 0.358 e. The van der Waals surface area contributed by atoms with E-state index >= 15 is 0 Å². The molecule has 0 atom stereocenters. The van der Waals surface area contributed by atoms with Crippen LogP contribution in [0.2, 0.25) is 0 Å². The van der Waals surface area contributed by atoms with Crippen molar-refractivity contribution in [2.45, 2.75) is 13.3 Å². The van der Waals surface area contributed by atoms with E-state index in [4.69, 9.17) is 5.11 Å². The van der Waals surface area contributed by atoms with Crippen molar-refractivity contribution in [2.24, 2.45) is 0 Å². The molecule has 0 aliphatic heterocycles. The van der Waals surface area contributed by atoms with Crippen LogP contribution < -0.4 is 0 Å². The van der Waals surface area contributed by atoms with Gasteiger partial charge in [-0.1, -0.05) is 48.5 Å². The number of fused-ring (bicyclic) bond motifs is 1. The van der Waals surface area contributed by atoms with Crippen LogP contribution in [0.5, 0.6) is 0 Å². The van der Waals surface area contributed by atoms with Crippen LogP contribution in [0.1, 0.15) is 23.1 Å². The largest absolute Gasteiger partial charge is 0.476 e. The predicted molar refractivity (Wildman–Crippen MR) is 75.2 cm³/mol. The van der Waals surface area contributed by atoms with E-state index < -0.39 is 5.97 Å². The normalized spacial score (nSPS) is 10.8. The Balaban J connectivity index is 2.29. The van der Waals surface area contributed by atoms with E-state index in [1.807, 2.05) is 49.4 Å². The first kappa shape index (κ1) is 12.3.